The van der Waals surface area contributed by atoms with Crippen LogP contribution >= 0.6 is 11.3 Å². The average molecular weight is 324 g/mol. The Morgan fingerprint density at radius 1 is 1.22 bits per heavy atom. The molecule has 4 rings (SSSR count). The molecular weight excluding hydrogens is 308 g/mol. The Kier molecular flexibility index (Phi) is 3.63. The molecule has 3 heterocycles. The van der Waals surface area contributed by atoms with Gasteiger partial charge < -0.3 is 5.32 Å². The zero-order chi connectivity index (χ0) is 15.6. The summed E-state index contributed by atoms with van der Waals surface area (Å²) in [6.45, 7) is 2.72. The zero-order valence-electron chi connectivity index (χ0n) is 12.7. The number of hydrogen-bond donors (Lipinski definition) is 1. The number of anilines is 1. The van der Waals surface area contributed by atoms with Gasteiger partial charge >= 0.3 is 0 Å². The Morgan fingerprint density at radius 3 is 3.00 bits per heavy atom. The van der Waals surface area contributed by atoms with E-state index in [0.717, 1.165) is 47.7 Å². The lowest BCUT2D eigenvalue weighted by Crippen LogP contribution is -2.10. The highest BCUT2D eigenvalue weighted by atomic mass is 32.1. The van der Waals surface area contributed by atoms with Gasteiger partial charge in [0.15, 0.2) is 5.65 Å². The van der Waals surface area contributed by atoms with Crippen LogP contribution < -0.4 is 5.32 Å². The van der Waals surface area contributed by atoms with Crippen molar-refractivity contribution in [2.24, 2.45) is 0 Å². The second-order valence-electron chi connectivity index (χ2n) is 5.30. The van der Waals surface area contributed by atoms with Crippen LogP contribution in [0.2, 0.25) is 0 Å². The molecule has 1 N–H and O–H groups in total. The molecule has 0 bridgehead atoms. The largest absolute Gasteiger partial charge is 0.354 e. The van der Waals surface area contributed by atoms with Crippen LogP contribution in [0.15, 0.2) is 35.8 Å². The number of aryl methyl sites for hydroxylation is 2. The smallest absolute Gasteiger partial charge is 0.226 e. The lowest BCUT2D eigenvalue weighted by molar-refractivity contribution is 0.828. The Balaban J connectivity index is 1.60. The number of benzene rings is 1. The average Bonchev–Trinajstić information content (AvgIpc) is 3.20. The third-order valence-corrected chi connectivity index (χ3v) is 4.46. The monoisotopic (exact) mass is 324 g/mol. The third-order valence-electron chi connectivity index (χ3n) is 3.62. The molecule has 1 aromatic carbocycles. The van der Waals surface area contributed by atoms with E-state index in [2.05, 4.69) is 25.4 Å². The lowest BCUT2D eigenvalue weighted by atomic mass is 10.2. The van der Waals surface area contributed by atoms with E-state index >= 15 is 0 Å². The second-order valence-corrected chi connectivity index (χ2v) is 6.28. The molecule has 116 valence electrons. The minimum absolute atomic E-state index is 0.735. The normalized spacial score (nSPS) is 11.3. The van der Waals surface area contributed by atoms with Crippen molar-refractivity contribution in [2.75, 3.05) is 11.9 Å². The molecule has 4 aromatic rings. The summed E-state index contributed by atoms with van der Waals surface area (Å²) in [7, 11) is 0. The minimum Gasteiger partial charge on any atom is -0.354 e. The highest BCUT2D eigenvalue weighted by Crippen LogP contribution is 2.20. The fourth-order valence-electron chi connectivity index (χ4n) is 2.59. The van der Waals surface area contributed by atoms with Gasteiger partial charge in [-0.3, -0.25) is 0 Å². The first-order chi connectivity index (χ1) is 11.3. The summed E-state index contributed by atoms with van der Waals surface area (Å²) in [5.74, 6) is 1.48. The number of thiazole rings is 1. The molecule has 0 unspecified atom stereocenters. The Bertz CT molecular complexity index is 944. The van der Waals surface area contributed by atoms with Crippen LogP contribution in [0.4, 0.5) is 5.95 Å². The number of hydrogen-bond acceptors (Lipinski definition) is 6. The van der Waals surface area contributed by atoms with Crippen LogP contribution in [-0.2, 0) is 6.42 Å². The molecule has 0 fully saturated rings. The summed E-state index contributed by atoms with van der Waals surface area (Å²) in [6, 6.07) is 8.01. The lowest BCUT2D eigenvalue weighted by Gasteiger charge is -2.08. The maximum atomic E-state index is 4.69. The summed E-state index contributed by atoms with van der Waals surface area (Å²) in [5, 5.41) is 12.0. The first-order valence-electron chi connectivity index (χ1n) is 7.55. The van der Waals surface area contributed by atoms with Crippen LogP contribution in [0, 0.1) is 6.92 Å². The van der Waals surface area contributed by atoms with Crippen molar-refractivity contribution in [2.45, 2.75) is 19.8 Å². The molecule has 0 aliphatic heterocycles. The molecule has 7 heteroatoms. The van der Waals surface area contributed by atoms with E-state index in [4.69, 9.17) is 0 Å². The van der Waals surface area contributed by atoms with Crippen molar-refractivity contribution in [1.82, 2.24) is 24.6 Å². The zero-order valence-corrected chi connectivity index (χ0v) is 13.5. The Hall–Kier alpha value is -2.54. The van der Waals surface area contributed by atoms with Gasteiger partial charge in [0.05, 0.1) is 10.5 Å². The van der Waals surface area contributed by atoms with Gasteiger partial charge in [0.25, 0.3) is 0 Å². The highest BCUT2D eigenvalue weighted by Gasteiger charge is 2.11. The van der Waals surface area contributed by atoms with Crippen LogP contribution in [0.25, 0.3) is 16.6 Å². The number of nitrogens with one attached hydrogen (secondary N) is 1. The van der Waals surface area contributed by atoms with Gasteiger partial charge in [-0.2, -0.15) is 4.52 Å². The quantitative estimate of drug-likeness (QED) is 0.571. The van der Waals surface area contributed by atoms with Gasteiger partial charge in [-0.25, -0.2) is 15.0 Å². The molecule has 6 nitrogen and oxygen atoms in total. The number of para-hydroxylation sites is 1. The first kappa shape index (κ1) is 14.1. The minimum atomic E-state index is 0.735. The standard InChI is InChI=1S/C16H16N6S/c1-11-19-15-12-5-2-3-6-13(12)20-16(22(15)21-11)18-8-4-7-14-17-9-10-23-14/h2-3,5-6,9-10H,4,7-8H2,1H3,(H,18,20). The van der Waals surface area contributed by atoms with Gasteiger partial charge in [0.1, 0.15) is 5.82 Å². The topological polar surface area (TPSA) is 68.0 Å². The summed E-state index contributed by atoms with van der Waals surface area (Å²) in [4.78, 5) is 13.5. The van der Waals surface area contributed by atoms with E-state index in [1.165, 1.54) is 5.01 Å². The predicted molar refractivity (Wildman–Crippen MR) is 91.9 cm³/mol. The van der Waals surface area contributed by atoms with Gasteiger partial charge in [0.2, 0.25) is 5.95 Å². The van der Waals surface area contributed by atoms with Crippen LogP contribution in [0.1, 0.15) is 17.3 Å². The van der Waals surface area contributed by atoms with Gasteiger partial charge in [-0.05, 0) is 25.5 Å². The molecule has 0 radical (unpaired) electrons. The first-order valence-corrected chi connectivity index (χ1v) is 8.43. The fourth-order valence-corrected chi connectivity index (χ4v) is 3.25. The summed E-state index contributed by atoms with van der Waals surface area (Å²) in [5.41, 5.74) is 1.77. The van der Waals surface area contributed by atoms with Crippen molar-refractivity contribution in [3.63, 3.8) is 0 Å². The Labute approximate surface area is 137 Å². The summed E-state index contributed by atoms with van der Waals surface area (Å²) in [6.07, 6.45) is 3.81. The van der Waals surface area contributed by atoms with Crippen molar-refractivity contribution in [3.8, 4) is 0 Å². The number of nitrogens with zero attached hydrogens (tertiary/aromatic N) is 5. The predicted octanol–water partition coefficient (Wildman–Crippen LogP) is 3.09. The fraction of sp³-hybridized carbons (Fsp3) is 0.250. The summed E-state index contributed by atoms with van der Waals surface area (Å²) >= 11 is 1.69. The van der Waals surface area contributed by atoms with E-state index < -0.39 is 0 Å². The van der Waals surface area contributed by atoms with Crippen LogP contribution in [0.5, 0.6) is 0 Å². The number of aromatic nitrogens is 5. The molecular formula is C16H16N6S. The molecule has 0 saturated carbocycles. The maximum Gasteiger partial charge on any atom is 0.226 e. The molecule has 0 spiro atoms. The molecule has 0 atom stereocenters. The SMILES string of the molecule is Cc1nc2c3ccccc3nc(NCCCc3nccs3)n2n1. The van der Waals surface area contributed by atoms with Crippen LogP contribution in [-0.4, -0.2) is 31.1 Å². The summed E-state index contributed by atoms with van der Waals surface area (Å²) < 4.78 is 1.79. The van der Waals surface area contributed by atoms with E-state index in [9.17, 15) is 0 Å². The number of fused-ring (bicyclic) bond motifs is 3. The van der Waals surface area contributed by atoms with E-state index in [0.29, 0.717) is 0 Å². The van der Waals surface area contributed by atoms with Gasteiger partial charge in [-0.15, -0.1) is 16.4 Å². The molecule has 0 aliphatic carbocycles. The van der Waals surface area contributed by atoms with Gasteiger partial charge in [0, 0.05) is 29.9 Å². The van der Waals surface area contributed by atoms with Crippen molar-refractivity contribution >= 4 is 33.8 Å². The maximum absolute atomic E-state index is 4.69. The second kappa shape index (κ2) is 5.92. The molecule has 0 aliphatic rings. The van der Waals surface area contributed by atoms with Crippen molar-refractivity contribution in [3.05, 3.63) is 46.7 Å². The molecule has 23 heavy (non-hydrogen) atoms. The molecule has 3 aromatic heterocycles. The van der Waals surface area contributed by atoms with Crippen LogP contribution in [0.3, 0.4) is 0 Å². The van der Waals surface area contributed by atoms with Crippen molar-refractivity contribution in [1.29, 1.82) is 0 Å². The number of rotatable bonds is 5. The van der Waals surface area contributed by atoms with E-state index in [1.54, 1.807) is 15.9 Å². The Morgan fingerprint density at radius 2 is 2.13 bits per heavy atom. The highest BCUT2D eigenvalue weighted by molar-refractivity contribution is 7.09. The van der Waals surface area contributed by atoms with Gasteiger partial charge in [-0.1, -0.05) is 12.1 Å². The molecule has 0 saturated heterocycles. The van der Waals surface area contributed by atoms with E-state index in [-0.39, 0.29) is 0 Å². The molecule has 0 amide bonds. The third kappa shape index (κ3) is 2.75. The van der Waals surface area contributed by atoms with Crippen molar-refractivity contribution < 1.29 is 0 Å². The van der Waals surface area contributed by atoms with E-state index in [1.807, 2.05) is 42.8 Å².